The summed E-state index contributed by atoms with van der Waals surface area (Å²) in [6.07, 6.45) is 5.20. The van der Waals surface area contributed by atoms with Crippen molar-refractivity contribution in [3.05, 3.63) is 35.9 Å². The number of rotatable bonds is 6. The van der Waals surface area contributed by atoms with Crippen molar-refractivity contribution >= 4 is 5.91 Å². The van der Waals surface area contributed by atoms with Crippen LogP contribution in [0, 0.1) is 0 Å². The number of furan rings is 1. The van der Waals surface area contributed by atoms with Gasteiger partial charge in [0.2, 0.25) is 5.88 Å². The first-order valence-electron chi connectivity index (χ1n) is 7.68. The maximum Gasteiger partial charge on any atom is 0.261 e. The first-order chi connectivity index (χ1) is 11.2. The molecule has 7 heteroatoms. The number of hydrogen-bond donors (Lipinski definition) is 0. The van der Waals surface area contributed by atoms with Gasteiger partial charge >= 0.3 is 0 Å². The van der Waals surface area contributed by atoms with Crippen molar-refractivity contribution in [3.63, 3.8) is 0 Å². The van der Waals surface area contributed by atoms with Gasteiger partial charge in [-0.15, -0.1) is 0 Å². The Labute approximate surface area is 134 Å². The van der Waals surface area contributed by atoms with Crippen molar-refractivity contribution in [3.8, 4) is 5.88 Å². The Hall–Kier alpha value is -2.28. The lowest BCUT2D eigenvalue weighted by Gasteiger charge is -2.24. The van der Waals surface area contributed by atoms with Gasteiger partial charge in [0.1, 0.15) is 11.3 Å². The Kier molecular flexibility index (Phi) is 4.66. The van der Waals surface area contributed by atoms with E-state index in [1.807, 2.05) is 12.1 Å². The van der Waals surface area contributed by atoms with Crippen molar-refractivity contribution in [2.75, 3.05) is 20.3 Å². The molecule has 1 atom stereocenters. The van der Waals surface area contributed by atoms with Crippen LogP contribution in [0.15, 0.2) is 29.0 Å². The Balaban J connectivity index is 1.81. The third kappa shape index (κ3) is 3.39. The average molecular weight is 319 g/mol. The summed E-state index contributed by atoms with van der Waals surface area (Å²) in [4.78, 5) is 14.7. The van der Waals surface area contributed by atoms with Crippen LogP contribution in [-0.2, 0) is 18.3 Å². The SMILES string of the molecule is COc1c(C(=O)N(Cc2ccco2)CC2CCCO2)cnn1C. The summed E-state index contributed by atoms with van der Waals surface area (Å²) in [5, 5.41) is 4.11. The van der Waals surface area contributed by atoms with Gasteiger partial charge in [0.15, 0.2) is 0 Å². The summed E-state index contributed by atoms with van der Waals surface area (Å²) in [5.41, 5.74) is 0.444. The second-order valence-electron chi connectivity index (χ2n) is 5.59. The average Bonchev–Trinajstić information content (AvgIpc) is 3.27. The monoisotopic (exact) mass is 319 g/mol. The molecule has 0 radical (unpaired) electrons. The third-order valence-corrected chi connectivity index (χ3v) is 3.97. The highest BCUT2D eigenvalue weighted by Crippen LogP contribution is 2.22. The molecule has 0 saturated carbocycles. The van der Waals surface area contributed by atoms with Crippen LogP contribution in [0.1, 0.15) is 29.0 Å². The second-order valence-corrected chi connectivity index (χ2v) is 5.59. The van der Waals surface area contributed by atoms with Crippen LogP contribution in [0.4, 0.5) is 0 Å². The summed E-state index contributed by atoms with van der Waals surface area (Å²) in [6, 6.07) is 3.67. The fraction of sp³-hybridized carbons (Fsp3) is 0.500. The van der Waals surface area contributed by atoms with Crippen LogP contribution in [0.3, 0.4) is 0 Å². The highest BCUT2D eigenvalue weighted by Gasteiger charge is 2.27. The lowest BCUT2D eigenvalue weighted by atomic mass is 10.2. The molecule has 3 rings (SSSR count). The van der Waals surface area contributed by atoms with Gasteiger partial charge in [0.05, 0.1) is 32.2 Å². The number of aryl methyl sites for hydroxylation is 1. The number of ether oxygens (including phenoxy) is 2. The molecule has 0 spiro atoms. The van der Waals surface area contributed by atoms with Gasteiger partial charge in [-0.05, 0) is 25.0 Å². The molecule has 0 N–H and O–H groups in total. The van der Waals surface area contributed by atoms with E-state index < -0.39 is 0 Å². The van der Waals surface area contributed by atoms with Crippen molar-refractivity contribution < 1.29 is 18.7 Å². The van der Waals surface area contributed by atoms with E-state index in [2.05, 4.69) is 5.10 Å². The maximum atomic E-state index is 12.9. The zero-order valence-electron chi connectivity index (χ0n) is 13.4. The van der Waals surface area contributed by atoms with Gasteiger partial charge in [0.25, 0.3) is 5.91 Å². The molecule has 2 aromatic rings. The van der Waals surface area contributed by atoms with Crippen LogP contribution in [-0.4, -0.2) is 47.0 Å². The Morgan fingerprint density at radius 2 is 2.43 bits per heavy atom. The van der Waals surface area contributed by atoms with Crippen LogP contribution < -0.4 is 4.74 Å². The number of hydrogen-bond acceptors (Lipinski definition) is 5. The van der Waals surface area contributed by atoms with Gasteiger partial charge in [-0.3, -0.25) is 4.79 Å². The minimum absolute atomic E-state index is 0.0663. The van der Waals surface area contributed by atoms with Crippen molar-refractivity contribution in [1.29, 1.82) is 0 Å². The summed E-state index contributed by atoms with van der Waals surface area (Å²) in [5.74, 6) is 1.05. The van der Waals surface area contributed by atoms with E-state index >= 15 is 0 Å². The molecule has 3 heterocycles. The topological polar surface area (TPSA) is 69.7 Å². The molecule has 1 saturated heterocycles. The van der Waals surface area contributed by atoms with Crippen LogP contribution in [0.2, 0.25) is 0 Å². The molecule has 7 nitrogen and oxygen atoms in total. The van der Waals surface area contributed by atoms with E-state index in [1.165, 1.54) is 13.3 Å². The number of methoxy groups -OCH3 is 1. The first kappa shape index (κ1) is 15.6. The number of amides is 1. The van der Waals surface area contributed by atoms with Gasteiger partial charge in [0, 0.05) is 20.2 Å². The maximum absolute atomic E-state index is 12.9. The predicted molar refractivity (Wildman–Crippen MR) is 82.2 cm³/mol. The zero-order valence-corrected chi connectivity index (χ0v) is 13.4. The summed E-state index contributed by atoms with van der Waals surface area (Å²) in [7, 11) is 3.28. The van der Waals surface area contributed by atoms with E-state index in [1.54, 1.807) is 22.9 Å². The first-order valence-corrected chi connectivity index (χ1v) is 7.68. The minimum Gasteiger partial charge on any atom is -0.481 e. The molecular weight excluding hydrogens is 298 g/mol. The van der Waals surface area contributed by atoms with Crippen LogP contribution in [0.25, 0.3) is 0 Å². The fourth-order valence-corrected chi connectivity index (χ4v) is 2.83. The Morgan fingerprint density at radius 1 is 1.57 bits per heavy atom. The predicted octanol–water partition coefficient (Wildman–Crippen LogP) is 1.84. The normalized spacial score (nSPS) is 17.4. The molecule has 1 unspecified atom stereocenters. The highest BCUT2D eigenvalue weighted by molar-refractivity contribution is 5.96. The van der Waals surface area contributed by atoms with Gasteiger partial charge < -0.3 is 18.8 Å². The van der Waals surface area contributed by atoms with E-state index in [4.69, 9.17) is 13.9 Å². The number of carbonyl (C=O) groups is 1. The third-order valence-electron chi connectivity index (χ3n) is 3.97. The van der Waals surface area contributed by atoms with Crippen molar-refractivity contribution in [2.45, 2.75) is 25.5 Å². The highest BCUT2D eigenvalue weighted by atomic mass is 16.5. The van der Waals surface area contributed by atoms with Gasteiger partial charge in [-0.1, -0.05) is 0 Å². The van der Waals surface area contributed by atoms with E-state index in [0.29, 0.717) is 24.5 Å². The van der Waals surface area contributed by atoms with Gasteiger partial charge in [-0.25, -0.2) is 4.68 Å². The summed E-state index contributed by atoms with van der Waals surface area (Å²) < 4.78 is 17.9. The number of carbonyl (C=O) groups excluding carboxylic acids is 1. The second kappa shape index (κ2) is 6.87. The standard InChI is InChI=1S/C16H21N3O4/c1-18-16(21-2)14(9-17-18)15(20)19(10-12-5-3-7-22-12)11-13-6-4-8-23-13/h3,5,7,9,13H,4,6,8,10-11H2,1-2H3. The van der Waals surface area contributed by atoms with Crippen molar-refractivity contribution in [2.24, 2.45) is 7.05 Å². The van der Waals surface area contributed by atoms with Gasteiger partial charge in [-0.2, -0.15) is 5.10 Å². The molecule has 1 fully saturated rings. The Morgan fingerprint density at radius 3 is 3.09 bits per heavy atom. The number of aromatic nitrogens is 2. The summed E-state index contributed by atoms with van der Waals surface area (Å²) >= 11 is 0. The lowest BCUT2D eigenvalue weighted by Crippen LogP contribution is -2.37. The molecular formula is C16H21N3O4. The fourth-order valence-electron chi connectivity index (χ4n) is 2.83. The van der Waals surface area contributed by atoms with E-state index in [-0.39, 0.29) is 12.0 Å². The molecule has 124 valence electrons. The Bertz CT molecular complexity index is 644. The number of nitrogens with zero attached hydrogens (tertiary/aromatic N) is 3. The minimum atomic E-state index is -0.137. The summed E-state index contributed by atoms with van der Waals surface area (Å²) in [6.45, 7) is 1.67. The quantitative estimate of drug-likeness (QED) is 0.812. The van der Waals surface area contributed by atoms with Crippen LogP contribution >= 0.6 is 0 Å². The molecule has 1 amide bonds. The largest absolute Gasteiger partial charge is 0.481 e. The molecule has 1 aliphatic rings. The molecule has 1 aliphatic heterocycles. The van der Waals surface area contributed by atoms with Crippen molar-refractivity contribution in [1.82, 2.24) is 14.7 Å². The zero-order chi connectivity index (χ0) is 16.2. The van der Waals surface area contributed by atoms with Crippen LogP contribution in [0.5, 0.6) is 5.88 Å². The lowest BCUT2D eigenvalue weighted by molar-refractivity contribution is 0.0489. The molecule has 0 aromatic carbocycles. The molecule has 23 heavy (non-hydrogen) atoms. The van der Waals surface area contributed by atoms with E-state index in [9.17, 15) is 4.79 Å². The van der Waals surface area contributed by atoms with E-state index in [0.717, 1.165) is 25.2 Å². The molecule has 2 aromatic heterocycles. The molecule has 0 aliphatic carbocycles. The smallest absolute Gasteiger partial charge is 0.261 e. The molecule has 0 bridgehead atoms.